The van der Waals surface area contributed by atoms with Gasteiger partial charge in [-0.15, -0.1) is 11.3 Å². The van der Waals surface area contributed by atoms with Crippen molar-refractivity contribution in [2.45, 2.75) is 39.9 Å². The number of amides is 1. The number of thiophene rings is 1. The van der Waals surface area contributed by atoms with Crippen molar-refractivity contribution in [2.24, 2.45) is 5.92 Å². The fraction of sp³-hybridized carbons (Fsp3) is 0.389. The lowest BCUT2D eigenvalue weighted by atomic mass is 10.1. The van der Waals surface area contributed by atoms with E-state index in [4.69, 9.17) is 4.42 Å². The van der Waals surface area contributed by atoms with E-state index in [1.807, 2.05) is 13.8 Å². The monoisotopic (exact) mass is 375 g/mol. The van der Waals surface area contributed by atoms with Gasteiger partial charge in [-0.25, -0.2) is 4.79 Å². The van der Waals surface area contributed by atoms with Gasteiger partial charge >= 0.3 is 5.69 Å². The standard InChI is InChI=1S/C18H21N3O4S/c1-12(2)5-7-20-17(23)16-14(6-9-26-16)21(18(20)24)11-15(22)19-10-13-4-3-8-25-13/h3-4,6,8-9,12H,5,7,10-11H2,1-2H3,(H,19,22). The fourth-order valence-electron chi connectivity index (χ4n) is 2.67. The number of furan rings is 1. The third-order valence-electron chi connectivity index (χ3n) is 4.11. The first-order chi connectivity index (χ1) is 12.5. The summed E-state index contributed by atoms with van der Waals surface area (Å²) in [5.74, 6) is 0.684. The minimum atomic E-state index is -0.449. The predicted molar refractivity (Wildman–Crippen MR) is 100 cm³/mol. The number of nitrogens with zero attached hydrogens (tertiary/aromatic N) is 2. The van der Waals surface area contributed by atoms with Gasteiger partial charge in [0, 0.05) is 6.54 Å². The Hall–Kier alpha value is -2.61. The van der Waals surface area contributed by atoms with Gasteiger partial charge in [-0.3, -0.25) is 18.7 Å². The molecule has 0 bridgehead atoms. The van der Waals surface area contributed by atoms with Crippen LogP contribution < -0.4 is 16.6 Å². The molecule has 0 radical (unpaired) electrons. The maximum atomic E-state index is 12.8. The van der Waals surface area contributed by atoms with Crippen LogP contribution in [-0.2, 0) is 24.4 Å². The molecule has 0 aliphatic rings. The molecule has 3 rings (SSSR count). The Morgan fingerprint density at radius 1 is 1.27 bits per heavy atom. The highest BCUT2D eigenvalue weighted by Crippen LogP contribution is 2.15. The second-order valence-electron chi connectivity index (χ2n) is 6.50. The number of carbonyl (C=O) groups excluding carboxylic acids is 1. The van der Waals surface area contributed by atoms with E-state index in [-0.39, 0.29) is 24.6 Å². The summed E-state index contributed by atoms with van der Waals surface area (Å²) in [4.78, 5) is 37.7. The Morgan fingerprint density at radius 2 is 2.08 bits per heavy atom. The number of hydrogen-bond donors (Lipinski definition) is 1. The quantitative estimate of drug-likeness (QED) is 0.686. The molecule has 1 amide bonds. The Kier molecular flexibility index (Phi) is 5.41. The van der Waals surface area contributed by atoms with Gasteiger partial charge in [0.1, 0.15) is 17.0 Å². The zero-order valence-corrected chi connectivity index (χ0v) is 15.5. The van der Waals surface area contributed by atoms with Crippen LogP contribution in [0.5, 0.6) is 0 Å². The highest BCUT2D eigenvalue weighted by molar-refractivity contribution is 7.17. The van der Waals surface area contributed by atoms with Gasteiger partial charge in [0.05, 0.1) is 18.3 Å². The number of aromatic nitrogens is 2. The molecule has 0 aliphatic heterocycles. The first-order valence-electron chi connectivity index (χ1n) is 8.47. The van der Waals surface area contributed by atoms with Crippen LogP contribution in [0.15, 0.2) is 43.8 Å². The van der Waals surface area contributed by atoms with Crippen molar-refractivity contribution in [1.82, 2.24) is 14.5 Å². The maximum absolute atomic E-state index is 12.8. The van der Waals surface area contributed by atoms with E-state index in [0.29, 0.717) is 28.4 Å². The van der Waals surface area contributed by atoms with Crippen molar-refractivity contribution in [3.63, 3.8) is 0 Å². The van der Waals surface area contributed by atoms with Gasteiger partial charge in [0.25, 0.3) is 5.56 Å². The van der Waals surface area contributed by atoms with Crippen molar-refractivity contribution in [2.75, 3.05) is 0 Å². The minimum Gasteiger partial charge on any atom is -0.467 e. The minimum absolute atomic E-state index is 0.144. The maximum Gasteiger partial charge on any atom is 0.332 e. The molecule has 7 nitrogen and oxygen atoms in total. The van der Waals surface area contributed by atoms with E-state index in [2.05, 4.69) is 5.32 Å². The van der Waals surface area contributed by atoms with Gasteiger partial charge in [-0.05, 0) is 35.9 Å². The molecule has 0 spiro atoms. The Morgan fingerprint density at radius 3 is 2.77 bits per heavy atom. The second kappa shape index (κ2) is 7.74. The molecule has 3 aromatic heterocycles. The molecule has 1 N–H and O–H groups in total. The van der Waals surface area contributed by atoms with Crippen molar-refractivity contribution >= 4 is 27.5 Å². The van der Waals surface area contributed by atoms with Gasteiger partial charge in [-0.2, -0.15) is 0 Å². The van der Waals surface area contributed by atoms with Crippen LogP contribution >= 0.6 is 11.3 Å². The summed E-state index contributed by atoms with van der Waals surface area (Å²) in [5, 5.41) is 4.49. The van der Waals surface area contributed by atoms with Crippen LogP contribution in [0.2, 0.25) is 0 Å². The third-order valence-corrected chi connectivity index (χ3v) is 5.00. The summed E-state index contributed by atoms with van der Waals surface area (Å²) in [5.41, 5.74) is -0.235. The Labute approximate surface area is 153 Å². The number of rotatable bonds is 7. The SMILES string of the molecule is CC(C)CCn1c(=O)c2sccc2n(CC(=O)NCc2ccco2)c1=O. The molecule has 8 heteroatoms. The fourth-order valence-corrected chi connectivity index (χ4v) is 3.51. The molecular weight excluding hydrogens is 354 g/mol. The lowest BCUT2D eigenvalue weighted by Crippen LogP contribution is -2.42. The van der Waals surface area contributed by atoms with E-state index in [1.165, 1.54) is 26.7 Å². The van der Waals surface area contributed by atoms with Crippen molar-refractivity contribution in [3.05, 3.63) is 56.4 Å². The smallest absolute Gasteiger partial charge is 0.332 e. The summed E-state index contributed by atoms with van der Waals surface area (Å²) in [6, 6.07) is 5.20. The summed E-state index contributed by atoms with van der Waals surface area (Å²) < 4.78 is 8.27. The first kappa shape index (κ1) is 18.2. The normalized spacial score (nSPS) is 11.3. The molecule has 3 heterocycles. The zero-order valence-electron chi connectivity index (χ0n) is 14.7. The average Bonchev–Trinajstić information content (AvgIpc) is 3.28. The first-order valence-corrected chi connectivity index (χ1v) is 9.35. The number of fused-ring (bicyclic) bond motifs is 1. The lowest BCUT2D eigenvalue weighted by molar-refractivity contribution is -0.121. The van der Waals surface area contributed by atoms with E-state index in [9.17, 15) is 14.4 Å². The Balaban J connectivity index is 1.89. The van der Waals surface area contributed by atoms with Crippen LogP contribution in [0.3, 0.4) is 0 Å². The molecule has 0 unspecified atom stereocenters. The molecule has 3 aromatic rings. The van der Waals surface area contributed by atoms with E-state index in [0.717, 1.165) is 6.42 Å². The average molecular weight is 375 g/mol. The number of nitrogens with one attached hydrogen (secondary N) is 1. The molecular formula is C18H21N3O4S. The van der Waals surface area contributed by atoms with Gasteiger partial charge < -0.3 is 9.73 Å². The van der Waals surface area contributed by atoms with Gasteiger partial charge in [-0.1, -0.05) is 13.8 Å². The predicted octanol–water partition coefficient (Wildman–Crippen LogP) is 2.18. The van der Waals surface area contributed by atoms with Crippen molar-refractivity contribution < 1.29 is 9.21 Å². The molecule has 0 aliphatic carbocycles. The lowest BCUT2D eigenvalue weighted by Gasteiger charge is -2.13. The molecule has 0 atom stereocenters. The van der Waals surface area contributed by atoms with Crippen molar-refractivity contribution in [1.29, 1.82) is 0 Å². The van der Waals surface area contributed by atoms with Gasteiger partial charge in [0.2, 0.25) is 5.91 Å². The highest BCUT2D eigenvalue weighted by Gasteiger charge is 2.16. The molecule has 0 fully saturated rings. The number of carbonyl (C=O) groups is 1. The van der Waals surface area contributed by atoms with Crippen LogP contribution in [0.4, 0.5) is 0 Å². The van der Waals surface area contributed by atoms with Crippen LogP contribution in [-0.4, -0.2) is 15.0 Å². The van der Waals surface area contributed by atoms with Gasteiger partial charge in [0.15, 0.2) is 0 Å². The number of hydrogen-bond acceptors (Lipinski definition) is 5. The highest BCUT2D eigenvalue weighted by atomic mass is 32.1. The summed E-state index contributed by atoms with van der Waals surface area (Å²) in [7, 11) is 0. The zero-order chi connectivity index (χ0) is 18.7. The van der Waals surface area contributed by atoms with Crippen LogP contribution in [0, 0.1) is 5.92 Å². The largest absolute Gasteiger partial charge is 0.467 e. The van der Waals surface area contributed by atoms with Crippen LogP contribution in [0.25, 0.3) is 10.2 Å². The summed E-state index contributed by atoms with van der Waals surface area (Å²) in [6.45, 7) is 4.52. The molecule has 0 aromatic carbocycles. The molecule has 26 heavy (non-hydrogen) atoms. The Bertz CT molecular complexity index is 1010. The van der Waals surface area contributed by atoms with Crippen molar-refractivity contribution in [3.8, 4) is 0 Å². The third kappa shape index (κ3) is 3.80. The van der Waals surface area contributed by atoms with E-state index in [1.54, 1.807) is 23.6 Å². The molecule has 0 saturated heterocycles. The van der Waals surface area contributed by atoms with E-state index >= 15 is 0 Å². The topological polar surface area (TPSA) is 86.2 Å². The molecule has 0 saturated carbocycles. The van der Waals surface area contributed by atoms with Crippen LogP contribution in [0.1, 0.15) is 26.0 Å². The summed E-state index contributed by atoms with van der Waals surface area (Å²) in [6.07, 6.45) is 2.25. The molecule has 138 valence electrons. The summed E-state index contributed by atoms with van der Waals surface area (Å²) >= 11 is 1.28. The van der Waals surface area contributed by atoms with E-state index < -0.39 is 5.69 Å². The second-order valence-corrected chi connectivity index (χ2v) is 7.42.